The van der Waals surface area contributed by atoms with Crippen molar-refractivity contribution in [3.63, 3.8) is 0 Å². The first-order valence-electron chi connectivity index (χ1n) is 5.46. The van der Waals surface area contributed by atoms with Crippen molar-refractivity contribution in [3.05, 3.63) is 35.2 Å². The van der Waals surface area contributed by atoms with E-state index in [0.717, 1.165) is 18.4 Å². The van der Waals surface area contributed by atoms with Crippen LogP contribution in [-0.2, 0) is 16.1 Å². The number of hydrogen-bond acceptors (Lipinski definition) is 3. The average molecular weight is 232 g/mol. The fourth-order valence-corrected chi connectivity index (χ4v) is 2.68. The van der Waals surface area contributed by atoms with Crippen molar-refractivity contribution >= 4 is 27.4 Å². The predicted octanol–water partition coefficient (Wildman–Crippen LogP) is 3.35. The van der Waals surface area contributed by atoms with Crippen molar-refractivity contribution in [2.45, 2.75) is 19.4 Å². The quantitative estimate of drug-likeness (QED) is 0.758. The van der Waals surface area contributed by atoms with Crippen LogP contribution in [0.5, 0.6) is 0 Å². The molecular weight excluding hydrogens is 220 g/mol. The highest BCUT2D eigenvalue weighted by Crippen LogP contribution is 2.31. The van der Waals surface area contributed by atoms with Gasteiger partial charge in [0.05, 0.1) is 5.92 Å². The van der Waals surface area contributed by atoms with E-state index in [-0.39, 0.29) is 11.9 Å². The molecule has 1 fully saturated rings. The lowest BCUT2D eigenvalue weighted by atomic mass is 10.2. The largest absolute Gasteiger partial charge is 0.461 e. The Morgan fingerprint density at radius 1 is 1.38 bits per heavy atom. The van der Waals surface area contributed by atoms with Crippen molar-refractivity contribution in [3.8, 4) is 0 Å². The molecule has 16 heavy (non-hydrogen) atoms. The lowest BCUT2D eigenvalue weighted by molar-refractivity contribution is -0.146. The normalized spacial score (nSPS) is 15.2. The molecule has 1 aromatic carbocycles. The minimum atomic E-state index is -0.0321. The third-order valence-electron chi connectivity index (χ3n) is 2.84. The van der Waals surface area contributed by atoms with Crippen LogP contribution in [0.15, 0.2) is 29.6 Å². The summed E-state index contributed by atoms with van der Waals surface area (Å²) in [5.41, 5.74) is 1.12. The number of hydrogen-bond donors (Lipinski definition) is 0. The maximum Gasteiger partial charge on any atom is 0.309 e. The highest BCUT2D eigenvalue weighted by Gasteiger charge is 2.31. The Kier molecular flexibility index (Phi) is 2.40. The maximum absolute atomic E-state index is 11.4. The van der Waals surface area contributed by atoms with Crippen molar-refractivity contribution in [2.75, 3.05) is 0 Å². The summed E-state index contributed by atoms with van der Waals surface area (Å²) < 4.78 is 6.54. The van der Waals surface area contributed by atoms with Gasteiger partial charge in [-0.3, -0.25) is 4.79 Å². The van der Waals surface area contributed by atoms with E-state index >= 15 is 0 Å². The number of ether oxygens (including phenoxy) is 1. The fourth-order valence-electron chi connectivity index (χ4n) is 1.73. The van der Waals surface area contributed by atoms with Gasteiger partial charge in [0.1, 0.15) is 6.61 Å². The van der Waals surface area contributed by atoms with E-state index < -0.39 is 0 Å². The first-order valence-corrected chi connectivity index (χ1v) is 6.34. The Bertz CT molecular complexity index is 525. The molecule has 0 spiro atoms. The second-order valence-corrected chi connectivity index (χ2v) is 5.05. The van der Waals surface area contributed by atoms with Crippen LogP contribution in [0.1, 0.15) is 18.4 Å². The molecule has 2 nitrogen and oxygen atoms in total. The monoisotopic (exact) mass is 232 g/mol. The van der Waals surface area contributed by atoms with Crippen LogP contribution in [-0.4, -0.2) is 5.97 Å². The van der Waals surface area contributed by atoms with E-state index in [1.165, 1.54) is 10.1 Å². The highest BCUT2D eigenvalue weighted by molar-refractivity contribution is 7.17. The topological polar surface area (TPSA) is 26.3 Å². The lowest BCUT2D eigenvalue weighted by Gasteiger charge is -2.02. The molecular formula is C13H12O2S. The summed E-state index contributed by atoms with van der Waals surface area (Å²) in [5.74, 6) is 0.153. The Labute approximate surface area is 97.8 Å². The van der Waals surface area contributed by atoms with Crippen LogP contribution in [0.3, 0.4) is 0 Å². The molecule has 1 saturated carbocycles. The molecule has 3 rings (SSSR count). The average Bonchev–Trinajstić information content (AvgIpc) is 3.08. The zero-order valence-electron chi connectivity index (χ0n) is 8.81. The maximum atomic E-state index is 11.4. The fraction of sp³-hybridized carbons (Fsp3) is 0.308. The van der Waals surface area contributed by atoms with Gasteiger partial charge in [0.2, 0.25) is 0 Å². The van der Waals surface area contributed by atoms with E-state index in [4.69, 9.17) is 4.74 Å². The molecule has 1 aromatic heterocycles. The first-order chi connectivity index (χ1) is 7.84. The second-order valence-electron chi connectivity index (χ2n) is 4.14. The molecule has 1 aliphatic carbocycles. The summed E-state index contributed by atoms with van der Waals surface area (Å²) in [7, 11) is 0. The molecule has 0 radical (unpaired) electrons. The van der Waals surface area contributed by atoms with E-state index in [1.807, 2.05) is 12.1 Å². The van der Waals surface area contributed by atoms with Gasteiger partial charge in [-0.1, -0.05) is 18.2 Å². The minimum absolute atomic E-state index is 0.0321. The third-order valence-corrected chi connectivity index (χ3v) is 3.85. The van der Waals surface area contributed by atoms with Gasteiger partial charge in [-0.25, -0.2) is 0 Å². The first kappa shape index (κ1) is 9.85. The van der Waals surface area contributed by atoms with E-state index in [0.29, 0.717) is 6.61 Å². The number of fused-ring (bicyclic) bond motifs is 1. The molecule has 0 N–H and O–H groups in total. The summed E-state index contributed by atoms with van der Waals surface area (Å²) >= 11 is 1.70. The summed E-state index contributed by atoms with van der Waals surface area (Å²) in [6.07, 6.45) is 2.01. The van der Waals surface area contributed by atoms with Gasteiger partial charge in [-0.15, -0.1) is 11.3 Å². The van der Waals surface area contributed by atoms with Crippen LogP contribution >= 0.6 is 11.3 Å². The molecule has 0 atom stereocenters. The number of benzene rings is 1. The van der Waals surface area contributed by atoms with E-state index in [9.17, 15) is 4.79 Å². The van der Waals surface area contributed by atoms with Crippen LogP contribution < -0.4 is 0 Å². The van der Waals surface area contributed by atoms with Gasteiger partial charge in [-0.2, -0.15) is 0 Å². The standard InChI is InChI=1S/C13H12O2S/c14-13(9-5-6-9)15-7-10-8-16-12-4-2-1-3-11(10)12/h1-4,8-9H,5-7H2. The van der Waals surface area contributed by atoms with Crippen LogP contribution in [0.2, 0.25) is 0 Å². The van der Waals surface area contributed by atoms with Crippen LogP contribution in [0, 0.1) is 5.92 Å². The number of carbonyl (C=O) groups is 1. The number of rotatable bonds is 3. The number of carbonyl (C=O) groups excluding carboxylic acids is 1. The van der Waals surface area contributed by atoms with Gasteiger partial charge < -0.3 is 4.74 Å². The molecule has 1 aliphatic rings. The second kappa shape index (κ2) is 3.91. The molecule has 0 saturated heterocycles. The molecule has 0 aliphatic heterocycles. The summed E-state index contributed by atoms with van der Waals surface area (Å²) in [6, 6.07) is 8.21. The molecule has 0 bridgehead atoms. The SMILES string of the molecule is O=C(OCc1csc2ccccc12)C1CC1. The summed E-state index contributed by atoms with van der Waals surface area (Å²) in [6.45, 7) is 0.416. The van der Waals surface area contributed by atoms with Crippen LogP contribution in [0.25, 0.3) is 10.1 Å². The Hall–Kier alpha value is -1.35. The summed E-state index contributed by atoms with van der Waals surface area (Å²) in [5, 5.41) is 3.28. The third kappa shape index (κ3) is 1.83. The van der Waals surface area contributed by atoms with Crippen molar-refractivity contribution < 1.29 is 9.53 Å². The molecule has 0 amide bonds. The molecule has 2 aromatic rings. The van der Waals surface area contributed by atoms with Gasteiger partial charge in [0.25, 0.3) is 0 Å². The lowest BCUT2D eigenvalue weighted by Crippen LogP contribution is -2.05. The summed E-state index contributed by atoms with van der Waals surface area (Å²) in [4.78, 5) is 11.4. The zero-order chi connectivity index (χ0) is 11.0. The molecule has 3 heteroatoms. The van der Waals surface area contributed by atoms with E-state index in [1.54, 1.807) is 11.3 Å². The minimum Gasteiger partial charge on any atom is -0.461 e. The number of thiophene rings is 1. The Morgan fingerprint density at radius 3 is 3.00 bits per heavy atom. The van der Waals surface area contributed by atoms with E-state index in [2.05, 4.69) is 17.5 Å². The van der Waals surface area contributed by atoms with Gasteiger partial charge in [0, 0.05) is 10.3 Å². The van der Waals surface area contributed by atoms with Crippen molar-refractivity contribution in [2.24, 2.45) is 5.92 Å². The zero-order valence-corrected chi connectivity index (χ0v) is 9.63. The van der Waals surface area contributed by atoms with Gasteiger partial charge in [-0.05, 0) is 29.7 Å². The Balaban J connectivity index is 1.76. The van der Waals surface area contributed by atoms with Crippen LogP contribution in [0.4, 0.5) is 0 Å². The predicted molar refractivity (Wildman–Crippen MR) is 64.3 cm³/mol. The Morgan fingerprint density at radius 2 is 2.19 bits per heavy atom. The van der Waals surface area contributed by atoms with Gasteiger partial charge in [0.15, 0.2) is 0 Å². The van der Waals surface area contributed by atoms with Crippen molar-refractivity contribution in [1.29, 1.82) is 0 Å². The molecule has 1 heterocycles. The smallest absolute Gasteiger partial charge is 0.309 e. The highest BCUT2D eigenvalue weighted by atomic mass is 32.1. The molecule has 0 unspecified atom stereocenters. The van der Waals surface area contributed by atoms with Crippen molar-refractivity contribution in [1.82, 2.24) is 0 Å². The number of esters is 1. The molecule has 82 valence electrons. The van der Waals surface area contributed by atoms with Gasteiger partial charge >= 0.3 is 5.97 Å².